The van der Waals surface area contributed by atoms with E-state index in [0.29, 0.717) is 5.92 Å². The zero-order chi connectivity index (χ0) is 16.1. The minimum absolute atomic E-state index is 0.273. The van der Waals surface area contributed by atoms with Crippen molar-refractivity contribution in [1.82, 2.24) is 0 Å². The molecule has 0 saturated carbocycles. The lowest BCUT2D eigenvalue weighted by atomic mass is 9.99. The molecule has 0 aliphatic heterocycles. The van der Waals surface area contributed by atoms with E-state index in [4.69, 9.17) is 5.73 Å². The summed E-state index contributed by atoms with van der Waals surface area (Å²) in [5, 5.41) is 0. The Bertz CT molecular complexity index is 700. The van der Waals surface area contributed by atoms with E-state index >= 15 is 0 Å². The maximum atomic E-state index is 11.2. The Morgan fingerprint density at radius 3 is 1.59 bits per heavy atom. The lowest BCUT2D eigenvalue weighted by Gasteiger charge is -2.06. The molecule has 0 spiro atoms. The second kappa shape index (κ2) is 6.95. The molecular formula is C20H21NO. The number of nitrogens with two attached hydrogens (primary N) is 1. The second-order valence-electron chi connectivity index (χ2n) is 5.77. The quantitative estimate of drug-likeness (QED) is 0.859. The van der Waals surface area contributed by atoms with Crippen LogP contribution in [0.4, 0.5) is 0 Å². The summed E-state index contributed by atoms with van der Waals surface area (Å²) in [6, 6.07) is 16.0. The first-order valence-electron chi connectivity index (χ1n) is 7.48. The average Bonchev–Trinajstić information content (AvgIpc) is 2.53. The number of rotatable bonds is 3. The lowest BCUT2D eigenvalue weighted by molar-refractivity contribution is -0.119. The van der Waals surface area contributed by atoms with Crippen LogP contribution in [0.2, 0.25) is 0 Å². The molecule has 2 heteroatoms. The zero-order valence-electron chi connectivity index (χ0n) is 13.3. The van der Waals surface area contributed by atoms with Crippen molar-refractivity contribution < 1.29 is 4.79 Å². The molecule has 0 radical (unpaired) electrons. The second-order valence-corrected chi connectivity index (χ2v) is 5.77. The Hall–Kier alpha value is -2.53. The molecule has 0 aliphatic rings. The summed E-state index contributed by atoms with van der Waals surface area (Å²) in [6.45, 7) is 6.16. The highest BCUT2D eigenvalue weighted by molar-refractivity contribution is 5.81. The van der Waals surface area contributed by atoms with Crippen LogP contribution in [0.5, 0.6) is 0 Å². The molecule has 0 aromatic heterocycles. The van der Waals surface area contributed by atoms with Gasteiger partial charge in [0.1, 0.15) is 0 Å². The highest BCUT2D eigenvalue weighted by atomic mass is 16.1. The molecule has 1 unspecified atom stereocenters. The van der Waals surface area contributed by atoms with E-state index in [1.807, 2.05) is 36.4 Å². The lowest BCUT2D eigenvalue weighted by Crippen LogP contribution is -2.18. The van der Waals surface area contributed by atoms with Gasteiger partial charge in [-0.3, -0.25) is 4.79 Å². The van der Waals surface area contributed by atoms with Gasteiger partial charge in [0, 0.05) is 11.1 Å². The van der Waals surface area contributed by atoms with Gasteiger partial charge >= 0.3 is 0 Å². The number of amides is 1. The molecule has 1 atom stereocenters. The smallest absolute Gasteiger partial charge is 0.224 e. The minimum atomic E-state index is -0.316. The molecule has 112 valence electrons. The van der Waals surface area contributed by atoms with Crippen LogP contribution in [0, 0.1) is 11.8 Å². The highest BCUT2D eigenvalue weighted by Crippen LogP contribution is 2.16. The summed E-state index contributed by atoms with van der Waals surface area (Å²) in [5.41, 5.74) is 9.46. The van der Waals surface area contributed by atoms with E-state index in [-0.39, 0.29) is 11.8 Å². The molecule has 22 heavy (non-hydrogen) atoms. The van der Waals surface area contributed by atoms with Crippen molar-refractivity contribution in [2.24, 2.45) is 5.73 Å². The van der Waals surface area contributed by atoms with Crippen molar-refractivity contribution in [2.45, 2.75) is 32.6 Å². The third-order valence-corrected chi connectivity index (χ3v) is 3.77. The molecule has 2 rings (SSSR count). The number of carbonyl (C=O) groups excluding carboxylic acids is 1. The van der Waals surface area contributed by atoms with Gasteiger partial charge in [0.15, 0.2) is 0 Å². The number of hydrogen-bond donors (Lipinski definition) is 1. The van der Waals surface area contributed by atoms with Crippen molar-refractivity contribution >= 4 is 5.91 Å². The first kappa shape index (κ1) is 15.9. The summed E-state index contributed by atoms with van der Waals surface area (Å²) >= 11 is 0. The molecule has 0 aliphatic carbocycles. The number of carbonyl (C=O) groups is 1. The predicted octanol–water partition coefficient (Wildman–Crippen LogP) is 3.80. The average molecular weight is 291 g/mol. The molecule has 0 heterocycles. The van der Waals surface area contributed by atoms with Gasteiger partial charge in [-0.2, -0.15) is 0 Å². The fraction of sp³-hybridized carbons (Fsp3) is 0.250. The van der Waals surface area contributed by atoms with E-state index in [0.717, 1.165) is 16.7 Å². The predicted molar refractivity (Wildman–Crippen MR) is 90.6 cm³/mol. The van der Waals surface area contributed by atoms with Gasteiger partial charge in [-0.25, -0.2) is 0 Å². The third-order valence-electron chi connectivity index (χ3n) is 3.77. The van der Waals surface area contributed by atoms with Crippen LogP contribution in [0.3, 0.4) is 0 Å². The van der Waals surface area contributed by atoms with Gasteiger partial charge < -0.3 is 5.73 Å². The van der Waals surface area contributed by atoms with Gasteiger partial charge in [-0.05, 0) is 48.2 Å². The molecule has 0 bridgehead atoms. The molecule has 2 N–H and O–H groups in total. The molecular weight excluding hydrogens is 270 g/mol. The highest BCUT2D eigenvalue weighted by Gasteiger charge is 2.10. The van der Waals surface area contributed by atoms with Crippen molar-refractivity contribution in [3.8, 4) is 11.8 Å². The summed E-state index contributed by atoms with van der Waals surface area (Å²) in [4.78, 5) is 11.2. The summed E-state index contributed by atoms with van der Waals surface area (Å²) in [6.07, 6.45) is 0. The Morgan fingerprint density at radius 1 is 0.818 bits per heavy atom. The Kier molecular flexibility index (Phi) is 5.01. The maximum absolute atomic E-state index is 11.2. The minimum Gasteiger partial charge on any atom is -0.369 e. The third kappa shape index (κ3) is 3.99. The number of benzene rings is 2. The summed E-state index contributed by atoms with van der Waals surface area (Å²) in [5.74, 6) is 6.24. The van der Waals surface area contributed by atoms with Gasteiger partial charge in [0.05, 0.1) is 5.92 Å². The monoisotopic (exact) mass is 291 g/mol. The van der Waals surface area contributed by atoms with Crippen LogP contribution in [-0.4, -0.2) is 5.91 Å². The fourth-order valence-electron chi connectivity index (χ4n) is 2.12. The van der Waals surface area contributed by atoms with E-state index in [1.54, 1.807) is 6.92 Å². The number of hydrogen-bond acceptors (Lipinski definition) is 1. The van der Waals surface area contributed by atoms with Crippen LogP contribution < -0.4 is 5.73 Å². The van der Waals surface area contributed by atoms with E-state index in [2.05, 4.69) is 37.8 Å². The standard InChI is InChI=1S/C20H21NO/c1-14(2)18-10-6-16(7-11-18)4-5-17-8-12-19(13-9-17)15(3)20(21)22/h6-15H,1-3H3,(H2,21,22). The molecule has 2 nitrogen and oxygen atoms in total. The topological polar surface area (TPSA) is 43.1 Å². The Balaban J connectivity index is 2.13. The largest absolute Gasteiger partial charge is 0.369 e. The molecule has 0 fully saturated rings. The molecule has 2 aromatic rings. The molecule has 1 amide bonds. The Morgan fingerprint density at radius 2 is 1.23 bits per heavy atom. The van der Waals surface area contributed by atoms with Gasteiger partial charge in [-0.1, -0.05) is 50.0 Å². The fourth-order valence-corrected chi connectivity index (χ4v) is 2.12. The van der Waals surface area contributed by atoms with Crippen LogP contribution in [0.1, 0.15) is 54.9 Å². The van der Waals surface area contributed by atoms with Crippen LogP contribution in [0.15, 0.2) is 48.5 Å². The van der Waals surface area contributed by atoms with E-state index < -0.39 is 0 Å². The van der Waals surface area contributed by atoms with Gasteiger partial charge in [-0.15, -0.1) is 0 Å². The summed E-state index contributed by atoms with van der Waals surface area (Å²) in [7, 11) is 0. The van der Waals surface area contributed by atoms with Crippen LogP contribution in [0.25, 0.3) is 0 Å². The van der Waals surface area contributed by atoms with Gasteiger partial charge in [0.25, 0.3) is 0 Å². The first-order chi connectivity index (χ1) is 10.5. The number of primary amides is 1. The summed E-state index contributed by atoms with van der Waals surface area (Å²) < 4.78 is 0. The maximum Gasteiger partial charge on any atom is 0.224 e. The molecule has 2 aromatic carbocycles. The first-order valence-corrected chi connectivity index (χ1v) is 7.48. The zero-order valence-corrected chi connectivity index (χ0v) is 13.3. The normalized spacial score (nSPS) is 11.6. The van der Waals surface area contributed by atoms with Crippen molar-refractivity contribution in [3.63, 3.8) is 0 Å². The molecule has 0 saturated heterocycles. The van der Waals surface area contributed by atoms with E-state index in [1.165, 1.54) is 5.56 Å². The van der Waals surface area contributed by atoms with Crippen molar-refractivity contribution in [3.05, 3.63) is 70.8 Å². The van der Waals surface area contributed by atoms with Crippen LogP contribution >= 0.6 is 0 Å². The van der Waals surface area contributed by atoms with Crippen LogP contribution in [-0.2, 0) is 4.79 Å². The van der Waals surface area contributed by atoms with Crippen molar-refractivity contribution in [2.75, 3.05) is 0 Å². The van der Waals surface area contributed by atoms with E-state index in [9.17, 15) is 4.79 Å². The SMILES string of the molecule is CC(C)c1ccc(C#Cc2ccc(C(C)C(N)=O)cc2)cc1. The van der Waals surface area contributed by atoms with Crippen molar-refractivity contribution in [1.29, 1.82) is 0 Å². The Labute approximate surface area is 132 Å². The van der Waals surface area contributed by atoms with Gasteiger partial charge in [0.2, 0.25) is 5.91 Å².